The third-order valence-electron chi connectivity index (χ3n) is 2.67. The molecular formula is C16H18K2O6. The molecule has 0 heterocycles. The Morgan fingerprint density at radius 1 is 0.708 bits per heavy atom. The second-order valence-electron chi connectivity index (χ2n) is 4.07. The third kappa shape index (κ3) is 9.66. The fourth-order valence-electron chi connectivity index (χ4n) is 1.47. The molecule has 2 rings (SSSR count). The van der Waals surface area contributed by atoms with Gasteiger partial charge in [0, 0.05) is 0 Å². The maximum atomic E-state index is 10.4. The third-order valence-corrected chi connectivity index (χ3v) is 2.67. The minimum absolute atomic E-state index is 0. The molecule has 24 heavy (non-hydrogen) atoms. The van der Waals surface area contributed by atoms with Crippen LogP contribution >= 0.6 is 0 Å². The number of hydrogen-bond acceptors (Lipinski definition) is 4. The number of hydrogen-bond donors (Lipinski definition) is 2. The van der Waals surface area contributed by atoms with Crippen LogP contribution in [0.3, 0.4) is 0 Å². The Bertz CT molecular complexity index is 579. The Hall–Kier alpha value is 0.253. The number of benzene rings is 2. The molecule has 0 amide bonds. The Kier molecular flexibility index (Phi) is 15.9. The van der Waals surface area contributed by atoms with Crippen molar-refractivity contribution >= 4 is 11.9 Å². The number of ether oxygens (including phenoxy) is 2. The van der Waals surface area contributed by atoms with E-state index >= 15 is 0 Å². The van der Waals surface area contributed by atoms with Gasteiger partial charge in [-0.25, -0.2) is 9.59 Å². The second kappa shape index (κ2) is 14.4. The summed E-state index contributed by atoms with van der Waals surface area (Å²) in [5, 5.41) is 17.0. The van der Waals surface area contributed by atoms with Gasteiger partial charge in [-0.15, -0.1) is 0 Å². The maximum absolute atomic E-state index is 10.4. The summed E-state index contributed by atoms with van der Waals surface area (Å²) in [5.74, 6) is -0.523. The zero-order valence-electron chi connectivity index (χ0n) is 16.1. The van der Waals surface area contributed by atoms with Crippen molar-refractivity contribution < 1.29 is 135 Å². The van der Waals surface area contributed by atoms with Gasteiger partial charge in [-0.05, 0) is 48.5 Å². The molecule has 0 radical (unpaired) electrons. The van der Waals surface area contributed by atoms with E-state index in [0.717, 1.165) is 0 Å². The number of carboxylic acids is 2. The smallest absolute Gasteiger partial charge is 1.00 e. The molecule has 6 nitrogen and oxygen atoms in total. The predicted molar refractivity (Wildman–Crippen MR) is 82.1 cm³/mol. The molecule has 0 spiro atoms. The summed E-state index contributed by atoms with van der Waals surface area (Å²) in [4.78, 5) is 20.7. The fourth-order valence-corrected chi connectivity index (χ4v) is 1.47. The molecule has 0 aliphatic rings. The minimum atomic E-state index is -0.923. The van der Waals surface area contributed by atoms with E-state index in [9.17, 15) is 9.59 Å². The molecule has 2 aromatic carbocycles. The zero-order chi connectivity index (χ0) is 16.5. The van der Waals surface area contributed by atoms with Gasteiger partial charge < -0.3 is 22.5 Å². The van der Waals surface area contributed by atoms with Crippen molar-refractivity contribution in [3.05, 3.63) is 59.7 Å². The van der Waals surface area contributed by atoms with Gasteiger partial charge in [0.05, 0.1) is 25.3 Å². The molecular weight excluding hydrogens is 366 g/mol. The van der Waals surface area contributed by atoms with E-state index in [1.165, 1.54) is 38.5 Å². The average molecular weight is 385 g/mol. The molecule has 0 bridgehead atoms. The molecule has 0 saturated carbocycles. The molecule has 0 aliphatic carbocycles. The Balaban J connectivity index is -0.000000161. The largest absolute Gasteiger partial charge is 1.00 e. The van der Waals surface area contributed by atoms with Crippen LogP contribution in [-0.4, -0.2) is 36.4 Å². The standard InChI is InChI=1S/2C8H8O3.2K.2H/c2*1-11-7-4-2-6(3-5-7)8(9)10;;;;/h2*2-5H,1H3,(H,9,10);;;;/q;;2*+1;2*-1. The van der Waals surface area contributed by atoms with Crippen LogP contribution in [0.4, 0.5) is 0 Å². The Labute approximate surface area is 228 Å². The summed E-state index contributed by atoms with van der Waals surface area (Å²) in [6, 6.07) is 12.5. The first-order valence-electron chi connectivity index (χ1n) is 6.22. The normalized spacial score (nSPS) is 8.42. The van der Waals surface area contributed by atoms with Crippen LogP contribution in [0.2, 0.25) is 0 Å². The number of rotatable bonds is 4. The monoisotopic (exact) mass is 384 g/mol. The first-order chi connectivity index (χ1) is 10.5. The summed E-state index contributed by atoms with van der Waals surface area (Å²) in [7, 11) is 3.07. The molecule has 2 N–H and O–H groups in total. The molecule has 0 atom stereocenters. The van der Waals surface area contributed by atoms with E-state index in [-0.39, 0.29) is 117 Å². The molecule has 0 saturated heterocycles. The van der Waals surface area contributed by atoms with E-state index in [4.69, 9.17) is 19.7 Å². The summed E-state index contributed by atoms with van der Waals surface area (Å²) < 4.78 is 9.71. The fraction of sp³-hybridized carbons (Fsp3) is 0.125. The summed E-state index contributed by atoms with van der Waals surface area (Å²) in [6.45, 7) is 0. The van der Waals surface area contributed by atoms with E-state index in [1.807, 2.05) is 0 Å². The van der Waals surface area contributed by atoms with Crippen molar-refractivity contribution in [2.75, 3.05) is 14.2 Å². The van der Waals surface area contributed by atoms with E-state index in [2.05, 4.69) is 0 Å². The van der Waals surface area contributed by atoms with E-state index in [0.29, 0.717) is 11.5 Å². The van der Waals surface area contributed by atoms with Gasteiger partial charge in [-0.1, -0.05) is 0 Å². The molecule has 0 fully saturated rings. The first-order valence-corrected chi connectivity index (χ1v) is 6.22. The van der Waals surface area contributed by atoms with Crippen molar-refractivity contribution in [3.63, 3.8) is 0 Å². The van der Waals surface area contributed by atoms with Crippen molar-refractivity contribution in [1.82, 2.24) is 0 Å². The topological polar surface area (TPSA) is 93.1 Å². The van der Waals surface area contributed by atoms with Gasteiger partial charge in [0.2, 0.25) is 0 Å². The zero-order valence-corrected chi connectivity index (χ0v) is 20.4. The van der Waals surface area contributed by atoms with Crippen LogP contribution in [0, 0.1) is 0 Å². The molecule has 0 aliphatic heterocycles. The van der Waals surface area contributed by atoms with Crippen LogP contribution in [0.5, 0.6) is 11.5 Å². The van der Waals surface area contributed by atoms with Crippen LogP contribution in [0.25, 0.3) is 0 Å². The number of carbonyl (C=O) groups is 2. The minimum Gasteiger partial charge on any atom is -1.00 e. The van der Waals surface area contributed by atoms with Crippen molar-refractivity contribution in [1.29, 1.82) is 0 Å². The molecule has 120 valence electrons. The molecule has 8 heteroatoms. The SMILES string of the molecule is COc1ccc(C(=O)O)cc1.COc1ccc(C(=O)O)cc1.[H-].[H-].[K+].[K+]. The summed E-state index contributed by atoms with van der Waals surface area (Å²) in [5.41, 5.74) is 0.539. The Morgan fingerprint density at radius 2 is 0.958 bits per heavy atom. The van der Waals surface area contributed by atoms with Crippen molar-refractivity contribution in [3.8, 4) is 11.5 Å². The van der Waals surface area contributed by atoms with Gasteiger partial charge in [-0.3, -0.25) is 0 Å². The number of methoxy groups -OCH3 is 2. The van der Waals surface area contributed by atoms with Gasteiger partial charge in [0.1, 0.15) is 11.5 Å². The molecule has 0 unspecified atom stereocenters. The average Bonchev–Trinajstić information content (AvgIpc) is 2.55. The van der Waals surface area contributed by atoms with Crippen molar-refractivity contribution in [2.45, 2.75) is 0 Å². The van der Waals surface area contributed by atoms with Crippen molar-refractivity contribution in [2.24, 2.45) is 0 Å². The predicted octanol–water partition coefficient (Wildman–Crippen LogP) is -2.98. The van der Waals surface area contributed by atoms with Gasteiger partial charge in [-0.2, -0.15) is 0 Å². The van der Waals surface area contributed by atoms with E-state index in [1.54, 1.807) is 24.3 Å². The van der Waals surface area contributed by atoms with Gasteiger partial charge in [0.15, 0.2) is 0 Å². The van der Waals surface area contributed by atoms with Crippen LogP contribution in [0.1, 0.15) is 23.6 Å². The van der Waals surface area contributed by atoms with Gasteiger partial charge in [0.25, 0.3) is 0 Å². The second-order valence-corrected chi connectivity index (χ2v) is 4.07. The van der Waals surface area contributed by atoms with Crippen LogP contribution in [0.15, 0.2) is 48.5 Å². The molecule has 0 aromatic heterocycles. The van der Waals surface area contributed by atoms with Crippen LogP contribution in [-0.2, 0) is 0 Å². The number of aromatic carboxylic acids is 2. The molecule has 2 aromatic rings. The maximum Gasteiger partial charge on any atom is 1.00 e. The summed E-state index contributed by atoms with van der Waals surface area (Å²) in [6.07, 6.45) is 0. The van der Waals surface area contributed by atoms with Gasteiger partial charge >= 0.3 is 115 Å². The van der Waals surface area contributed by atoms with E-state index < -0.39 is 11.9 Å². The van der Waals surface area contributed by atoms with Crippen LogP contribution < -0.4 is 112 Å². The first kappa shape index (κ1) is 26.5. The summed E-state index contributed by atoms with van der Waals surface area (Å²) >= 11 is 0. The quantitative estimate of drug-likeness (QED) is 0.547. The Morgan fingerprint density at radius 3 is 1.12 bits per heavy atom. The number of carboxylic acid groups (broad SMARTS) is 2.